The lowest BCUT2D eigenvalue weighted by Gasteiger charge is -2.09. The predicted octanol–water partition coefficient (Wildman–Crippen LogP) is 1.76. The summed E-state index contributed by atoms with van der Waals surface area (Å²) in [6, 6.07) is 3.71. The zero-order valence-corrected chi connectivity index (χ0v) is 7.38. The van der Waals surface area contributed by atoms with Gasteiger partial charge in [0, 0.05) is 17.3 Å². The molecule has 0 saturated heterocycles. The van der Waals surface area contributed by atoms with Crippen molar-refractivity contribution in [2.24, 2.45) is 0 Å². The Morgan fingerprint density at radius 2 is 2.25 bits per heavy atom. The van der Waals surface area contributed by atoms with Gasteiger partial charge in [0.05, 0.1) is 11.6 Å². The molecule has 0 unspecified atom stereocenters. The molecule has 0 bridgehead atoms. The summed E-state index contributed by atoms with van der Waals surface area (Å²) >= 11 is 5.70. The standard InChI is InChI=1S/C9H10ClNO/c10-7-1-2-8(11-5-7)9(6-12)3-4-9/h1-2,5,12H,3-4,6H2. The first kappa shape index (κ1) is 8.02. The summed E-state index contributed by atoms with van der Waals surface area (Å²) in [6.07, 6.45) is 3.71. The molecule has 1 aromatic heterocycles. The molecule has 1 aromatic rings. The van der Waals surface area contributed by atoms with Crippen molar-refractivity contribution in [2.75, 3.05) is 6.61 Å². The smallest absolute Gasteiger partial charge is 0.0589 e. The zero-order chi connectivity index (χ0) is 8.60. The first-order chi connectivity index (χ1) is 5.77. The summed E-state index contributed by atoms with van der Waals surface area (Å²) in [7, 11) is 0. The van der Waals surface area contributed by atoms with Crippen LogP contribution in [0, 0.1) is 0 Å². The highest BCUT2D eigenvalue weighted by Gasteiger charge is 2.44. The third-order valence-corrected chi connectivity index (χ3v) is 2.65. The second-order valence-corrected chi connectivity index (χ2v) is 3.74. The third kappa shape index (κ3) is 1.21. The Morgan fingerprint density at radius 3 is 2.67 bits per heavy atom. The van der Waals surface area contributed by atoms with Crippen LogP contribution in [0.2, 0.25) is 5.02 Å². The number of nitrogens with zero attached hydrogens (tertiary/aromatic N) is 1. The van der Waals surface area contributed by atoms with Gasteiger partial charge in [-0.1, -0.05) is 11.6 Å². The summed E-state index contributed by atoms with van der Waals surface area (Å²) in [5.41, 5.74) is 0.930. The molecule has 0 aromatic carbocycles. The molecule has 12 heavy (non-hydrogen) atoms. The second-order valence-electron chi connectivity index (χ2n) is 3.30. The molecular weight excluding hydrogens is 174 g/mol. The monoisotopic (exact) mass is 183 g/mol. The van der Waals surface area contributed by atoms with E-state index in [0.717, 1.165) is 18.5 Å². The fourth-order valence-corrected chi connectivity index (χ4v) is 1.45. The van der Waals surface area contributed by atoms with Crippen LogP contribution in [0.4, 0.5) is 0 Å². The zero-order valence-electron chi connectivity index (χ0n) is 6.63. The lowest BCUT2D eigenvalue weighted by Crippen LogP contribution is -2.13. The Bertz CT molecular complexity index is 279. The highest BCUT2D eigenvalue weighted by atomic mass is 35.5. The van der Waals surface area contributed by atoms with Crippen LogP contribution in [-0.2, 0) is 5.41 Å². The molecule has 0 amide bonds. The maximum atomic E-state index is 9.11. The van der Waals surface area contributed by atoms with Gasteiger partial charge < -0.3 is 5.11 Å². The maximum absolute atomic E-state index is 9.11. The predicted molar refractivity (Wildman–Crippen MR) is 47.2 cm³/mol. The van der Waals surface area contributed by atoms with Crippen LogP contribution in [0.15, 0.2) is 18.3 Å². The molecule has 0 aliphatic heterocycles. The van der Waals surface area contributed by atoms with Crippen LogP contribution >= 0.6 is 11.6 Å². The minimum absolute atomic E-state index is 0.0371. The number of aromatic nitrogens is 1. The minimum atomic E-state index is -0.0371. The van der Waals surface area contributed by atoms with E-state index in [-0.39, 0.29) is 12.0 Å². The molecule has 1 aliphatic carbocycles. The largest absolute Gasteiger partial charge is 0.395 e. The van der Waals surface area contributed by atoms with Crippen molar-refractivity contribution in [3.05, 3.63) is 29.0 Å². The molecule has 2 nitrogen and oxygen atoms in total. The van der Waals surface area contributed by atoms with Gasteiger partial charge in [-0.05, 0) is 25.0 Å². The Morgan fingerprint density at radius 1 is 1.50 bits per heavy atom. The van der Waals surface area contributed by atoms with Gasteiger partial charge in [0.15, 0.2) is 0 Å². The number of pyridine rings is 1. The van der Waals surface area contributed by atoms with Crippen LogP contribution in [0.5, 0.6) is 0 Å². The average Bonchev–Trinajstić information content (AvgIpc) is 2.86. The summed E-state index contributed by atoms with van der Waals surface area (Å²) in [5, 5.41) is 9.75. The van der Waals surface area contributed by atoms with Gasteiger partial charge in [-0.15, -0.1) is 0 Å². The van der Waals surface area contributed by atoms with E-state index in [2.05, 4.69) is 4.98 Å². The van der Waals surface area contributed by atoms with Crippen LogP contribution in [0.1, 0.15) is 18.5 Å². The summed E-state index contributed by atoms with van der Waals surface area (Å²) in [6.45, 7) is 0.196. The van der Waals surface area contributed by atoms with E-state index in [0.29, 0.717) is 5.02 Å². The SMILES string of the molecule is OCC1(c2ccc(Cl)cn2)CC1. The van der Waals surface area contributed by atoms with E-state index in [1.807, 2.05) is 12.1 Å². The lowest BCUT2D eigenvalue weighted by atomic mass is 10.0. The molecule has 3 heteroatoms. The van der Waals surface area contributed by atoms with E-state index < -0.39 is 0 Å². The minimum Gasteiger partial charge on any atom is -0.395 e. The van der Waals surface area contributed by atoms with Gasteiger partial charge in [0.25, 0.3) is 0 Å². The fraction of sp³-hybridized carbons (Fsp3) is 0.444. The Labute approximate surface area is 76.2 Å². The average molecular weight is 184 g/mol. The Kier molecular flexibility index (Phi) is 1.81. The molecular formula is C9H10ClNO. The number of hydrogen-bond acceptors (Lipinski definition) is 2. The molecule has 1 saturated carbocycles. The van der Waals surface area contributed by atoms with E-state index in [4.69, 9.17) is 16.7 Å². The van der Waals surface area contributed by atoms with E-state index in [1.54, 1.807) is 6.20 Å². The number of hydrogen-bond donors (Lipinski definition) is 1. The summed E-state index contributed by atoms with van der Waals surface area (Å²) in [4.78, 5) is 4.19. The van der Waals surface area contributed by atoms with Crippen molar-refractivity contribution in [3.63, 3.8) is 0 Å². The van der Waals surface area contributed by atoms with Crippen LogP contribution in [0.3, 0.4) is 0 Å². The van der Waals surface area contributed by atoms with Crippen LogP contribution < -0.4 is 0 Å². The van der Waals surface area contributed by atoms with Crippen molar-refractivity contribution in [3.8, 4) is 0 Å². The van der Waals surface area contributed by atoms with Crippen molar-refractivity contribution in [1.82, 2.24) is 4.98 Å². The number of aliphatic hydroxyl groups excluding tert-OH is 1. The van der Waals surface area contributed by atoms with Crippen LogP contribution in [0.25, 0.3) is 0 Å². The maximum Gasteiger partial charge on any atom is 0.0589 e. The molecule has 1 N–H and O–H groups in total. The van der Waals surface area contributed by atoms with E-state index in [9.17, 15) is 0 Å². The molecule has 0 radical (unpaired) electrons. The molecule has 0 atom stereocenters. The van der Waals surface area contributed by atoms with Gasteiger partial charge in [-0.3, -0.25) is 4.98 Å². The lowest BCUT2D eigenvalue weighted by molar-refractivity contribution is 0.252. The second kappa shape index (κ2) is 2.71. The summed E-state index contributed by atoms with van der Waals surface area (Å²) in [5.74, 6) is 0. The molecule has 64 valence electrons. The molecule has 1 fully saturated rings. The Hall–Kier alpha value is -0.600. The Balaban J connectivity index is 2.29. The van der Waals surface area contributed by atoms with E-state index in [1.165, 1.54) is 0 Å². The van der Waals surface area contributed by atoms with E-state index >= 15 is 0 Å². The molecule has 1 heterocycles. The molecule has 1 aliphatic rings. The fourth-order valence-electron chi connectivity index (χ4n) is 1.34. The number of aliphatic hydroxyl groups is 1. The first-order valence-corrected chi connectivity index (χ1v) is 4.37. The molecule has 0 spiro atoms. The van der Waals surface area contributed by atoms with Gasteiger partial charge >= 0.3 is 0 Å². The quantitative estimate of drug-likeness (QED) is 0.758. The topological polar surface area (TPSA) is 33.1 Å². The van der Waals surface area contributed by atoms with Crippen molar-refractivity contribution >= 4 is 11.6 Å². The van der Waals surface area contributed by atoms with Crippen molar-refractivity contribution in [2.45, 2.75) is 18.3 Å². The number of halogens is 1. The van der Waals surface area contributed by atoms with Crippen molar-refractivity contribution in [1.29, 1.82) is 0 Å². The van der Waals surface area contributed by atoms with Crippen molar-refractivity contribution < 1.29 is 5.11 Å². The van der Waals surface area contributed by atoms with Gasteiger partial charge in [-0.25, -0.2) is 0 Å². The first-order valence-electron chi connectivity index (χ1n) is 4.00. The number of rotatable bonds is 2. The summed E-state index contributed by atoms with van der Waals surface area (Å²) < 4.78 is 0. The highest BCUT2D eigenvalue weighted by molar-refractivity contribution is 6.30. The van der Waals surface area contributed by atoms with Gasteiger partial charge in [0.1, 0.15) is 0 Å². The van der Waals surface area contributed by atoms with Crippen LogP contribution in [-0.4, -0.2) is 16.7 Å². The molecule has 2 rings (SSSR count). The third-order valence-electron chi connectivity index (χ3n) is 2.43. The van der Waals surface area contributed by atoms with Gasteiger partial charge in [0.2, 0.25) is 0 Å². The highest BCUT2D eigenvalue weighted by Crippen LogP contribution is 2.46. The van der Waals surface area contributed by atoms with Gasteiger partial charge in [-0.2, -0.15) is 0 Å². The normalized spacial score (nSPS) is 19.2.